The van der Waals surface area contributed by atoms with Crippen molar-refractivity contribution in [3.63, 3.8) is 0 Å². The van der Waals surface area contributed by atoms with Crippen molar-refractivity contribution >= 4 is 11.6 Å². The number of amides is 1. The summed E-state index contributed by atoms with van der Waals surface area (Å²) < 4.78 is 0. The van der Waals surface area contributed by atoms with E-state index in [9.17, 15) is 9.90 Å². The molecule has 0 heterocycles. The molecule has 4 heteroatoms. The van der Waals surface area contributed by atoms with Crippen molar-refractivity contribution in [1.82, 2.24) is 0 Å². The fourth-order valence-corrected chi connectivity index (χ4v) is 2.17. The molecule has 0 saturated heterocycles. The lowest BCUT2D eigenvalue weighted by Crippen LogP contribution is -2.36. The average molecular weight is 248 g/mol. The number of hydrogen-bond donors (Lipinski definition) is 2. The Morgan fingerprint density at radius 2 is 2.28 bits per heavy atom. The van der Waals surface area contributed by atoms with Crippen molar-refractivity contribution in [3.05, 3.63) is 24.3 Å². The van der Waals surface area contributed by atoms with Crippen LogP contribution in [0.5, 0.6) is 5.75 Å². The largest absolute Gasteiger partial charge is 0.508 e. The Morgan fingerprint density at radius 3 is 2.83 bits per heavy atom. The van der Waals surface area contributed by atoms with E-state index in [1.54, 1.807) is 23.1 Å². The molecule has 0 radical (unpaired) electrons. The first-order valence-electron chi connectivity index (χ1n) is 6.46. The van der Waals surface area contributed by atoms with E-state index in [4.69, 9.17) is 5.73 Å². The number of nitrogens with two attached hydrogens (primary N) is 1. The number of aromatic hydroxyl groups is 1. The van der Waals surface area contributed by atoms with Crippen molar-refractivity contribution in [3.8, 4) is 5.75 Å². The Hall–Kier alpha value is -1.55. The van der Waals surface area contributed by atoms with E-state index in [0.29, 0.717) is 18.9 Å². The lowest BCUT2D eigenvalue weighted by atomic mass is 10.1. The van der Waals surface area contributed by atoms with Gasteiger partial charge in [-0.3, -0.25) is 4.79 Å². The number of anilines is 1. The van der Waals surface area contributed by atoms with E-state index in [1.807, 2.05) is 13.0 Å². The zero-order valence-electron chi connectivity index (χ0n) is 10.7. The van der Waals surface area contributed by atoms with Crippen LogP contribution in [0.25, 0.3) is 0 Å². The second kappa shape index (κ2) is 5.40. The number of hydrogen-bond acceptors (Lipinski definition) is 3. The molecule has 3 N–H and O–H groups in total. The predicted molar refractivity (Wildman–Crippen MR) is 71.5 cm³/mol. The molecule has 1 aromatic rings. The molecule has 1 atom stereocenters. The molecule has 0 aromatic heterocycles. The number of nitrogens with zero attached hydrogens (tertiary/aromatic N) is 1. The molecule has 18 heavy (non-hydrogen) atoms. The second-order valence-corrected chi connectivity index (χ2v) is 4.86. The van der Waals surface area contributed by atoms with Crippen molar-refractivity contribution in [2.45, 2.75) is 32.2 Å². The van der Waals surface area contributed by atoms with Crippen molar-refractivity contribution in [2.75, 3.05) is 11.4 Å². The minimum Gasteiger partial charge on any atom is -0.508 e. The van der Waals surface area contributed by atoms with Gasteiger partial charge in [0.05, 0.1) is 0 Å². The first-order valence-corrected chi connectivity index (χ1v) is 6.46. The second-order valence-electron chi connectivity index (χ2n) is 4.86. The number of carbonyl (C=O) groups excluding carboxylic acids is 1. The molecular formula is C14H20N2O2. The van der Waals surface area contributed by atoms with E-state index in [2.05, 4.69) is 0 Å². The van der Waals surface area contributed by atoms with E-state index in [1.165, 1.54) is 0 Å². The Labute approximate surface area is 107 Å². The molecule has 1 aliphatic carbocycles. The summed E-state index contributed by atoms with van der Waals surface area (Å²) in [5.41, 5.74) is 6.71. The van der Waals surface area contributed by atoms with Crippen LogP contribution < -0.4 is 10.6 Å². The molecule has 4 nitrogen and oxygen atoms in total. The van der Waals surface area contributed by atoms with Crippen LogP contribution in [-0.2, 0) is 4.79 Å². The zero-order valence-corrected chi connectivity index (χ0v) is 10.7. The van der Waals surface area contributed by atoms with Crippen molar-refractivity contribution in [1.29, 1.82) is 0 Å². The topological polar surface area (TPSA) is 66.6 Å². The molecule has 0 aliphatic heterocycles. The highest BCUT2D eigenvalue weighted by Crippen LogP contribution is 2.33. The van der Waals surface area contributed by atoms with E-state index in [-0.39, 0.29) is 17.7 Å². The average Bonchev–Trinajstić information content (AvgIpc) is 3.13. The summed E-state index contributed by atoms with van der Waals surface area (Å²) in [7, 11) is 0. The van der Waals surface area contributed by atoms with Crippen LogP contribution >= 0.6 is 0 Å². The van der Waals surface area contributed by atoms with Crippen LogP contribution in [0.3, 0.4) is 0 Å². The third kappa shape index (κ3) is 3.01. The number of carbonyl (C=O) groups is 1. The third-order valence-corrected chi connectivity index (χ3v) is 3.40. The summed E-state index contributed by atoms with van der Waals surface area (Å²) in [6.07, 6.45) is 2.67. The summed E-state index contributed by atoms with van der Waals surface area (Å²) >= 11 is 0. The molecule has 1 unspecified atom stereocenters. The molecule has 1 saturated carbocycles. The normalized spacial score (nSPS) is 16.3. The van der Waals surface area contributed by atoms with Gasteiger partial charge in [-0.2, -0.15) is 0 Å². The Kier molecular flexibility index (Phi) is 3.87. The lowest BCUT2D eigenvalue weighted by Gasteiger charge is -2.23. The van der Waals surface area contributed by atoms with Gasteiger partial charge in [0.15, 0.2) is 0 Å². The molecular weight excluding hydrogens is 228 g/mol. The standard InChI is InChI=1S/C14H20N2O2/c1-2-16(11-4-3-5-12(17)8-11)14(18)9-13(15)10-6-7-10/h3-5,8,10,13,17H,2,6-7,9,15H2,1H3. The minimum absolute atomic E-state index is 0.0242. The Balaban J connectivity index is 2.05. The van der Waals surface area contributed by atoms with Crippen molar-refractivity contribution in [2.24, 2.45) is 11.7 Å². The quantitative estimate of drug-likeness (QED) is 0.836. The number of benzene rings is 1. The highest BCUT2D eigenvalue weighted by atomic mass is 16.3. The summed E-state index contributed by atoms with van der Waals surface area (Å²) in [6.45, 7) is 2.50. The first kappa shape index (κ1) is 12.9. The highest BCUT2D eigenvalue weighted by Gasteiger charge is 2.31. The van der Waals surface area contributed by atoms with Crippen LogP contribution in [-0.4, -0.2) is 23.6 Å². The zero-order chi connectivity index (χ0) is 13.1. The minimum atomic E-state index is -0.0242. The molecule has 1 amide bonds. The monoisotopic (exact) mass is 248 g/mol. The van der Waals surface area contributed by atoms with Crippen LogP contribution in [0.15, 0.2) is 24.3 Å². The fraction of sp³-hybridized carbons (Fsp3) is 0.500. The van der Waals surface area contributed by atoms with Crippen molar-refractivity contribution < 1.29 is 9.90 Å². The maximum absolute atomic E-state index is 12.2. The molecule has 2 rings (SSSR count). The summed E-state index contributed by atoms with van der Waals surface area (Å²) in [5, 5.41) is 9.46. The number of rotatable bonds is 5. The first-order chi connectivity index (χ1) is 8.61. The van der Waals surface area contributed by atoms with Crippen LogP contribution in [0.1, 0.15) is 26.2 Å². The van der Waals surface area contributed by atoms with Gasteiger partial charge in [0.25, 0.3) is 0 Å². The van der Waals surface area contributed by atoms with Gasteiger partial charge in [0, 0.05) is 30.8 Å². The number of phenols is 1. The van der Waals surface area contributed by atoms with Gasteiger partial charge in [-0.05, 0) is 37.8 Å². The molecule has 0 spiro atoms. The Morgan fingerprint density at radius 1 is 1.56 bits per heavy atom. The smallest absolute Gasteiger partial charge is 0.228 e. The molecule has 1 fully saturated rings. The van der Waals surface area contributed by atoms with Gasteiger partial charge in [0.2, 0.25) is 5.91 Å². The molecule has 1 aromatic carbocycles. The SMILES string of the molecule is CCN(C(=O)CC(N)C1CC1)c1cccc(O)c1. The van der Waals surface area contributed by atoms with Gasteiger partial charge in [-0.15, -0.1) is 0 Å². The highest BCUT2D eigenvalue weighted by molar-refractivity contribution is 5.93. The van der Waals surface area contributed by atoms with Gasteiger partial charge >= 0.3 is 0 Å². The van der Waals surface area contributed by atoms with Crippen LogP contribution in [0, 0.1) is 5.92 Å². The third-order valence-electron chi connectivity index (χ3n) is 3.40. The van der Waals surface area contributed by atoms with Crippen LogP contribution in [0.4, 0.5) is 5.69 Å². The van der Waals surface area contributed by atoms with Gasteiger partial charge in [-0.25, -0.2) is 0 Å². The Bertz CT molecular complexity index is 430. The summed E-state index contributed by atoms with van der Waals surface area (Å²) in [5.74, 6) is 0.726. The van der Waals surface area contributed by atoms with Gasteiger partial charge in [0.1, 0.15) is 5.75 Å². The summed E-state index contributed by atoms with van der Waals surface area (Å²) in [4.78, 5) is 13.9. The molecule has 0 bridgehead atoms. The predicted octanol–water partition coefficient (Wildman–Crippen LogP) is 1.87. The van der Waals surface area contributed by atoms with Crippen LogP contribution in [0.2, 0.25) is 0 Å². The van der Waals surface area contributed by atoms with E-state index < -0.39 is 0 Å². The lowest BCUT2D eigenvalue weighted by molar-refractivity contribution is -0.119. The maximum Gasteiger partial charge on any atom is 0.228 e. The van der Waals surface area contributed by atoms with Gasteiger partial charge in [-0.1, -0.05) is 6.07 Å². The molecule has 1 aliphatic rings. The van der Waals surface area contributed by atoms with Gasteiger partial charge < -0.3 is 15.7 Å². The number of phenolic OH excluding ortho intramolecular Hbond substituents is 1. The maximum atomic E-state index is 12.2. The van der Waals surface area contributed by atoms with E-state index in [0.717, 1.165) is 18.5 Å². The van der Waals surface area contributed by atoms with E-state index >= 15 is 0 Å². The fourth-order valence-electron chi connectivity index (χ4n) is 2.17. The molecule has 98 valence electrons. The summed E-state index contributed by atoms with van der Waals surface area (Å²) in [6, 6.07) is 6.73.